The van der Waals surface area contributed by atoms with Crippen LogP contribution in [0.2, 0.25) is 0 Å². The highest BCUT2D eigenvalue weighted by Gasteiger charge is 2.18. The van der Waals surface area contributed by atoms with Gasteiger partial charge in [-0.25, -0.2) is 4.79 Å². The summed E-state index contributed by atoms with van der Waals surface area (Å²) >= 11 is 0. The molecule has 3 rings (SSSR count). The van der Waals surface area contributed by atoms with Gasteiger partial charge < -0.3 is 19.5 Å². The van der Waals surface area contributed by atoms with Gasteiger partial charge in [0.05, 0.1) is 6.04 Å². The number of carbonyl (C=O) groups is 2. The largest absolute Gasteiger partial charge is 0.486 e. The zero-order chi connectivity index (χ0) is 21.0. The van der Waals surface area contributed by atoms with Crippen LogP contribution < -0.4 is 20.1 Å². The van der Waals surface area contributed by atoms with Gasteiger partial charge in [0.15, 0.2) is 11.5 Å². The maximum absolute atomic E-state index is 12.6. The van der Waals surface area contributed by atoms with Crippen LogP contribution in [-0.4, -0.2) is 30.8 Å². The quantitative estimate of drug-likeness (QED) is 0.802. The second-order valence-electron chi connectivity index (χ2n) is 7.80. The second kappa shape index (κ2) is 8.43. The molecular weight excluding hydrogens is 372 g/mol. The molecule has 2 N–H and O–H groups in total. The molecule has 29 heavy (non-hydrogen) atoms. The maximum Gasteiger partial charge on any atom is 0.412 e. The van der Waals surface area contributed by atoms with E-state index in [0.29, 0.717) is 36.0 Å². The van der Waals surface area contributed by atoms with Gasteiger partial charge in [-0.05, 0) is 69.7 Å². The van der Waals surface area contributed by atoms with E-state index in [1.165, 1.54) is 0 Å². The van der Waals surface area contributed by atoms with Crippen molar-refractivity contribution >= 4 is 17.7 Å². The highest BCUT2D eigenvalue weighted by atomic mass is 16.6. The SMILES string of the molecule is CC(NC(=O)c1ccc(NC(=O)OC(C)(C)C)cc1)c1ccc2c(c1)OCCO2. The second-order valence-corrected chi connectivity index (χ2v) is 7.80. The predicted molar refractivity (Wildman–Crippen MR) is 110 cm³/mol. The molecule has 1 atom stereocenters. The van der Waals surface area contributed by atoms with Gasteiger partial charge in [0.2, 0.25) is 0 Å². The molecule has 2 aromatic rings. The Morgan fingerprint density at radius 1 is 1.00 bits per heavy atom. The minimum absolute atomic E-state index is 0.210. The summed E-state index contributed by atoms with van der Waals surface area (Å²) in [4.78, 5) is 24.4. The number of benzene rings is 2. The van der Waals surface area contributed by atoms with E-state index in [9.17, 15) is 9.59 Å². The Balaban J connectivity index is 1.59. The van der Waals surface area contributed by atoms with Crippen molar-refractivity contribution in [3.05, 3.63) is 53.6 Å². The molecule has 0 bridgehead atoms. The monoisotopic (exact) mass is 398 g/mol. The van der Waals surface area contributed by atoms with Crippen LogP contribution in [0.4, 0.5) is 10.5 Å². The molecule has 1 aliphatic rings. The van der Waals surface area contributed by atoms with E-state index in [0.717, 1.165) is 5.56 Å². The summed E-state index contributed by atoms with van der Waals surface area (Å²) in [5.74, 6) is 1.19. The van der Waals surface area contributed by atoms with Crippen LogP contribution in [0.5, 0.6) is 11.5 Å². The molecule has 1 heterocycles. The van der Waals surface area contributed by atoms with Crippen molar-refractivity contribution in [1.82, 2.24) is 5.32 Å². The first-order valence-corrected chi connectivity index (χ1v) is 9.52. The lowest BCUT2D eigenvalue weighted by molar-refractivity contribution is 0.0635. The Labute approximate surface area is 170 Å². The molecule has 2 aromatic carbocycles. The van der Waals surface area contributed by atoms with Crippen molar-refractivity contribution < 1.29 is 23.8 Å². The number of nitrogens with one attached hydrogen (secondary N) is 2. The van der Waals surface area contributed by atoms with E-state index < -0.39 is 11.7 Å². The van der Waals surface area contributed by atoms with Crippen LogP contribution >= 0.6 is 0 Å². The molecule has 0 radical (unpaired) electrons. The molecule has 0 saturated carbocycles. The summed E-state index contributed by atoms with van der Waals surface area (Å²) in [5, 5.41) is 5.60. The Morgan fingerprint density at radius 3 is 2.31 bits per heavy atom. The fraction of sp³-hybridized carbons (Fsp3) is 0.364. The third-order valence-electron chi connectivity index (χ3n) is 4.21. The number of amides is 2. The Kier molecular flexibility index (Phi) is 5.96. The van der Waals surface area contributed by atoms with Crippen molar-refractivity contribution in [1.29, 1.82) is 0 Å². The normalized spacial score (nSPS) is 13.9. The highest BCUT2D eigenvalue weighted by Crippen LogP contribution is 2.32. The third-order valence-corrected chi connectivity index (χ3v) is 4.21. The van der Waals surface area contributed by atoms with Crippen LogP contribution in [0, 0.1) is 0 Å². The highest BCUT2D eigenvalue weighted by molar-refractivity contribution is 5.95. The van der Waals surface area contributed by atoms with Crippen molar-refractivity contribution in [3.8, 4) is 11.5 Å². The van der Waals surface area contributed by atoms with Crippen molar-refractivity contribution in [3.63, 3.8) is 0 Å². The van der Waals surface area contributed by atoms with Crippen molar-refractivity contribution in [2.45, 2.75) is 39.3 Å². The van der Waals surface area contributed by atoms with Crippen LogP contribution in [0.3, 0.4) is 0 Å². The Morgan fingerprint density at radius 2 is 1.66 bits per heavy atom. The first-order valence-electron chi connectivity index (χ1n) is 9.52. The number of rotatable bonds is 4. The zero-order valence-corrected chi connectivity index (χ0v) is 17.1. The third kappa shape index (κ3) is 5.63. The smallest absolute Gasteiger partial charge is 0.412 e. The van der Waals surface area contributed by atoms with E-state index in [4.69, 9.17) is 14.2 Å². The minimum Gasteiger partial charge on any atom is -0.486 e. The standard InChI is InChI=1S/C22H26N2O5/c1-14(16-7-10-18-19(13-16)28-12-11-27-18)23-20(25)15-5-8-17(9-6-15)24-21(26)29-22(2,3)4/h5-10,13-14H,11-12H2,1-4H3,(H,23,25)(H,24,26). The van der Waals surface area contributed by atoms with Gasteiger partial charge in [-0.2, -0.15) is 0 Å². The molecular formula is C22H26N2O5. The summed E-state index contributed by atoms with van der Waals surface area (Å²) in [7, 11) is 0. The molecule has 0 saturated heterocycles. The van der Waals surface area contributed by atoms with Gasteiger partial charge in [0.1, 0.15) is 18.8 Å². The number of anilines is 1. The molecule has 1 unspecified atom stereocenters. The molecule has 7 nitrogen and oxygen atoms in total. The summed E-state index contributed by atoms with van der Waals surface area (Å²) in [6.45, 7) is 8.34. The number of carbonyl (C=O) groups excluding carboxylic acids is 2. The van der Waals surface area contributed by atoms with Gasteiger partial charge >= 0.3 is 6.09 Å². The summed E-state index contributed by atoms with van der Waals surface area (Å²) in [5.41, 5.74) is 1.39. The van der Waals surface area contributed by atoms with Gasteiger partial charge in [0.25, 0.3) is 5.91 Å². The summed E-state index contributed by atoms with van der Waals surface area (Å²) in [6.07, 6.45) is -0.540. The molecule has 0 aliphatic carbocycles. The van der Waals surface area contributed by atoms with Gasteiger partial charge in [0, 0.05) is 11.3 Å². The lowest BCUT2D eigenvalue weighted by Gasteiger charge is -2.21. The van der Waals surface area contributed by atoms with E-state index in [2.05, 4.69) is 10.6 Å². The first-order chi connectivity index (χ1) is 13.7. The van der Waals surface area contributed by atoms with E-state index in [1.54, 1.807) is 45.0 Å². The van der Waals surface area contributed by atoms with E-state index in [-0.39, 0.29) is 11.9 Å². The van der Waals surface area contributed by atoms with Crippen LogP contribution in [0.15, 0.2) is 42.5 Å². The number of hydrogen-bond acceptors (Lipinski definition) is 5. The molecule has 0 aromatic heterocycles. The van der Waals surface area contributed by atoms with Gasteiger partial charge in [-0.15, -0.1) is 0 Å². The fourth-order valence-corrected chi connectivity index (χ4v) is 2.82. The molecule has 1 aliphatic heterocycles. The number of hydrogen-bond donors (Lipinski definition) is 2. The number of ether oxygens (including phenoxy) is 3. The van der Waals surface area contributed by atoms with Crippen molar-refractivity contribution in [2.75, 3.05) is 18.5 Å². The predicted octanol–water partition coefficient (Wildman–Crippen LogP) is 4.30. The molecule has 0 spiro atoms. The Hall–Kier alpha value is -3.22. The molecule has 154 valence electrons. The Bertz CT molecular complexity index is 887. The molecule has 0 fully saturated rings. The topological polar surface area (TPSA) is 85.9 Å². The summed E-state index contributed by atoms with van der Waals surface area (Å²) in [6, 6.07) is 12.1. The van der Waals surface area contributed by atoms with Gasteiger partial charge in [-0.1, -0.05) is 6.07 Å². The van der Waals surface area contributed by atoms with Crippen LogP contribution in [0.25, 0.3) is 0 Å². The summed E-state index contributed by atoms with van der Waals surface area (Å²) < 4.78 is 16.3. The lowest BCUT2D eigenvalue weighted by atomic mass is 10.1. The fourth-order valence-electron chi connectivity index (χ4n) is 2.82. The van der Waals surface area contributed by atoms with Gasteiger partial charge in [-0.3, -0.25) is 10.1 Å². The van der Waals surface area contributed by atoms with Crippen LogP contribution in [0.1, 0.15) is 49.7 Å². The van der Waals surface area contributed by atoms with E-state index in [1.807, 2.05) is 25.1 Å². The minimum atomic E-state index is -0.575. The molecule has 2 amide bonds. The van der Waals surface area contributed by atoms with Crippen molar-refractivity contribution in [2.24, 2.45) is 0 Å². The van der Waals surface area contributed by atoms with Crippen LogP contribution in [-0.2, 0) is 4.74 Å². The maximum atomic E-state index is 12.6. The average molecular weight is 398 g/mol. The lowest BCUT2D eigenvalue weighted by Crippen LogP contribution is -2.27. The molecule has 7 heteroatoms. The zero-order valence-electron chi connectivity index (χ0n) is 17.1. The first kappa shape index (κ1) is 20.5. The number of fused-ring (bicyclic) bond motifs is 1. The average Bonchev–Trinajstić information content (AvgIpc) is 2.66. The van der Waals surface area contributed by atoms with E-state index >= 15 is 0 Å².